The second kappa shape index (κ2) is 7.91. The summed E-state index contributed by atoms with van der Waals surface area (Å²) in [6.45, 7) is 10.6. The van der Waals surface area contributed by atoms with E-state index in [1.807, 2.05) is 0 Å². The molecule has 0 aromatic rings. The lowest BCUT2D eigenvalue weighted by Crippen LogP contribution is -2.50. The molecule has 21 heavy (non-hydrogen) atoms. The summed E-state index contributed by atoms with van der Waals surface area (Å²) in [5, 5.41) is 3.80. The molecule has 1 N–H and O–H groups in total. The second-order valence-electron chi connectivity index (χ2n) is 7.12. The van der Waals surface area contributed by atoms with Gasteiger partial charge in [0.15, 0.2) is 0 Å². The van der Waals surface area contributed by atoms with Gasteiger partial charge in [0, 0.05) is 25.2 Å². The molecule has 0 spiro atoms. The normalized spacial score (nSPS) is 35.6. The zero-order valence-corrected chi connectivity index (χ0v) is 13.7. The van der Waals surface area contributed by atoms with E-state index < -0.39 is 0 Å². The Morgan fingerprint density at radius 1 is 1.10 bits per heavy atom. The Bertz CT molecular complexity index is 312. The van der Waals surface area contributed by atoms with Crippen LogP contribution in [0.3, 0.4) is 0 Å². The number of likely N-dealkylation sites (tertiary alicyclic amines) is 1. The van der Waals surface area contributed by atoms with Crippen molar-refractivity contribution in [2.75, 3.05) is 45.9 Å². The molecule has 0 saturated carbocycles. The van der Waals surface area contributed by atoms with Crippen molar-refractivity contribution in [2.45, 2.75) is 63.6 Å². The molecule has 3 heterocycles. The summed E-state index contributed by atoms with van der Waals surface area (Å²) in [5.74, 6) is 0. The van der Waals surface area contributed by atoms with Gasteiger partial charge in [-0.3, -0.25) is 4.90 Å². The molecule has 122 valence electrons. The lowest BCUT2D eigenvalue weighted by atomic mass is 10.1. The maximum Gasteiger partial charge on any atom is 0.0827 e. The third-order valence-corrected chi connectivity index (χ3v) is 5.46. The number of nitrogens with zero attached hydrogens (tertiary/aromatic N) is 2. The van der Waals surface area contributed by atoms with E-state index in [2.05, 4.69) is 22.0 Å². The van der Waals surface area contributed by atoms with E-state index >= 15 is 0 Å². The van der Waals surface area contributed by atoms with E-state index in [0.29, 0.717) is 12.1 Å². The molecule has 4 nitrogen and oxygen atoms in total. The SMILES string of the molecule is CCCN1CCCC(NCC2CN3CCCC3CO2)CC1. The van der Waals surface area contributed by atoms with Crippen molar-refractivity contribution in [3.63, 3.8) is 0 Å². The molecular weight excluding hydrogens is 262 g/mol. The fourth-order valence-corrected chi connectivity index (χ4v) is 4.21. The number of nitrogens with one attached hydrogen (secondary N) is 1. The molecule has 3 unspecified atom stereocenters. The Balaban J connectivity index is 1.37. The molecule has 3 rings (SSSR count). The minimum Gasteiger partial charge on any atom is -0.374 e. The summed E-state index contributed by atoms with van der Waals surface area (Å²) in [5.41, 5.74) is 0. The van der Waals surface area contributed by atoms with Crippen LogP contribution in [0.25, 0.3) is 0 Å². The molecule has 3 aliphatic rings. The van der Waals surface area contributed by atoms with Crippen LogP contribution in [0.4, 0.5) is 0 Å². The molecule has 0 aromatic carbocycles. The Hall–Kier alpha value is -0.160. The van der Waals surface area contributed by atoms with Crippen LogP contribution >= 0.6 is 0 Å². The topological polar surface area (TPSA) is 27.7 Å². The average molecular weight is 295 g/mol. The highest BCUT2D eigenvalue weighted by atomic mass is 16.5. The summed E-state index contributed by atoms with van der Waals surface area (Å²) in [7, 11) is 0. The van der Waals surface area contributed by atoms with Crippen molar-refractivity contribution in [2.24, 2.45) is 0 Å². The van der Waals surface area contributed by atoms with Gasteiger partial charge in [0.25, 0.3) is 0 Å². The van der Waals surface area contributed by atoms with E-state index in [4.69, 9.17) is 4.74 Å². The summed E-state index contributed by atoms with van der Waals surface area (Å²) < 4.78 is 6.06. The number of morpholine rings is 1. The molecule has 3 fully saturated rings. The monoisotopic (exact) mass is 295 g/mol. The van der Waals surface area contributed by atoms with E-state index in [1.165, 1.54) is 64.7 Å². The summed E-state index contributed by atoms with van der Waals surface area (Å²) in [6.07, 6.45) is 8.38. The lowest BCUT2D eigenvalue weighted by Gasteiger charge is -2.36. The number of fused-ring (bicyclic) bond motifs is 1. The number of ether oxygens (including phenoxy) is 1. The largest absolute Gasteiger partial charge is 0.374 e. The quantitative estimate of drug-likeness (QED) is 0.835. The van der Waals surface area contributed by atoms with Gasteiger partial charge in [-0.05, 0) is 64.7 Å². The highest BCUT2D eigenvalue weighted by molar-refractivity contribution is 4.86. The molecule has 3 atom stereocenters. The zero-order chi connectivity index (χ0) is 14.5. The lowest BCUT2D eigenvalue weighted by molar-refractivity contribution is -0.0479. The molecule has 3 saturated heterocycles. The van der Waals surface area contributed by atoms with Crippen molar-refractivity contribution in [1.29, 1.82) is 0 Å². The third kappa shape index (κ3) is 4.41. The summed E-state index contributed by atoms with van der Waals surface area (Å²) in [6, 6.07) is 1.42. The maximum atomic E-state index is 6.06. The zero-order valence-electron chi connectivity index (χ0n) is 13.7. The van der Waals surface area contributed by atoms with Crippen molar-refractivity contribution >= 4 is 0 Å². The number of hydrogen-bond acceptors (Lipinski definition) is 4. The van der Waals surface area contributed by atoms with Gasteiger partial charge in [-0.1, -0.05) is 6.92 Å². The fourth-order valence-electron chi connectivity index (χ4n) is 4.21. The molecular formula is C17H33N3O. The van der Waals surface area contributed by atoms with Gasteiger partial charge in [-0.2, -0.15) is 0 Å². The van der Waals surface area contributed by atoms with Gasteiger partial charge in [0.05, 0.1) is 12.7 Å². The van der Waals surface area contributed by atoms with Gasteiger partial charge >= 0.3 is 0 Å². The third-order valence-electron chi connectivity index (χ3n) is 5.46. The molecule has 0 aromatic heterocycles. The first-order valence-electron chi connectivity index (χ1n) is 9.16. The van der Waals surface area contributed by atoms with Gasteiger partial charge < -0.3 is 15.0 Å². The Morgan fingerprint density at radius 2 is 2.00 bits per heavy atom. The van der Waals surface area contributed by atoms with Crippen molar-refractivity contribution in [1.82, 2.24) is 15.1 Å². The first-order chi connectivity index (χ1) is 10.3. The minimum atomic E-state index is 0.411. The molecule has 3 aliphatic heterocycles. The van der Waals surface area contributed by atoms with E-state index in [0.717, 1.165) is 25.7 Å². The van der Waals surface area contributed by atoms with E-state index in [9.17, 15) is 0 Å². The van der Waals surface area contributed by atoms with E-state index in [1.54, 1.807) is 0 Å². The Kier molecular flexibility index (Phi) is 5.92. The van der Waals surface area contributed by atoms with Gasteiger partial charge in [0.1, 0.15) is 0 Å². The fraction of sp³-hybridized carbons (Fsp3) is 1.00. The van der Waals surface area contributed by atoms with Gasteiger partial charge in [-0.15, -0.1) is 0 Å². The predicted molar refractivity (Wildman–Crippen MR) is 86.7 cm³/mol. The Morgan fingerprint density at radius 3 is 2.90 bits per heavy atom. The van der Waals surface area contributed by atoms with Crippen LogP contribution in [0.5, 0.6) is 0 Å². The van der Waals surface area contributed by atoms with Crippen LogP contribution in [-0.4, -0.2) is 73.9 Å². The maximum absolute atomic E-state index is 6.06. The highest BCUT2D eigenvalue weighted by Gasteiger charge is 2.32. The van der Waals surface area contributed by atoms with Crippen LogP contribution in [0, 0.1) is 0 Å². The molecule has 0 radical (unpaired) electrons. The molecule has 0 aliphatic carbocycles. The minimum absolute atomic E-state index is 0.411. The summed E-state index contributed by atoms with van der Waals surface area (Å²) in [4.78, 5) is 5.28. The molecule has 4 heteroatoms. The van der Waals surface area contributed by atoms with Gasteiger partial charge in [-0.25, -0.2) is 0 Å². The van der Waals surface area contributed by atoms with Crippen LogP contribution in [0.2, 0.25) is 0 Å². The number of rotatable bonds is 5. The van der Waals surface area contributed by atoms with Crippen molar-refractivity contribution in [3.05, 3.63) is 0 Å². The molecule has 0 amide bonds. The second-order valence-corrected chi connectivity index (χ2v) is 7.12. The number of hydrogen-bond donors (Lipinski definition) is 1. The molecule has 0 bridgehead atoms. The van der Waals surface area contributed by atoms with Crippen LogP contribution < -0.4 is 5.32 Å². The highest BCUT2D eigenvalue weighted by Crippen LogP contribution is 2.22. The predicted octanol–water partition coefficient (Wildman–Crippen LogP) is 1.70. The first kappa shape index (κ1) is 15.7. The van der Waals surface area contributed by atoms with Crippen molar-refractivity contribution < 1.29 is 4.74 Å². The standard InChI is InChI=1S/C17H33N3O/c1-2-8-19-9-3-5-15(7-11-19)18-12-17-13-20-10-4-6-16(20)14-21-17/h15-18H,2-14H2,1H3. The van der Waals surface area contributed by atoms with Crippen LogP contribution in [0.15, 0.2) is 0 Å². The van der Waals surface area contributed by atoms with E-state index in [-0.39, 0.29) is 0 Å². The van der Waals surface area contributed by atoms with Crippen molar-refractivity contribution in [3.8, 4) is 0 Å². The van der Waals surface area contributed by atoms with Gasteiger partial charge in [0.2, 0.25) is 0 Å². The smallest absolute Gasteiger partial charge is 0.0827 e. The Labute approximate surface area is 130 Å². The summed E-state index contributed by atoms with van der Waals surface area (Å²) >= 11 is 0. The van der Waals surface area contributed by atoms with Crippen LogP contribution in [-0.2, 0) is 4.74 Å². The van der Waals surface area contributed by atoms with Crippen LogP contribution in [0.1, 0.15) is 45.4 Å². The average Bonchev–Trinajstić information content (AvgIpc) is 2.85. The first-order valence-corrected chi connectivity index (χ1v) is 9.16.